The number of nitrogens with two attached hydrogens (primary N) is 1. The minimum atomic E-state index is -5.08. The Labute approximate surface area is 193 Å². The second-order valence-electron chi connectivity index (χ2n) is 7.08. The average Bonchev–Trinajstić information content (AvgIpc) is 3.22. The van der Waals surface area contributed by atoms with Crippen LogP contribution < -0.4 is 10.5 Å². The highest BCUT2D eigenvalue weighted by Gasteiger charge is 2.38. The lowest BCUT2D eigenvalue weighted by atomic mass is 10.1. The smallest absolute Gasteiger partial charge is 0.490 e. The van der Waals surface area contributed by atoms with Crippen LogP contribution in [0.1, 0.15) is 24.6 Å². The van der Waals surface area contributed by atoms with E-state index >= 15 is 0 Å². The predicted octanol–water partition coefficient (Wildman–Crippen LogP) is 4.49. The first-order valence-electron chi connectivity index (χ1n) is 10.2. The maximum atomic E-state index is 10.6. The summed E-state index contributed by atoms with van der Waals surface area (Å²) in [6.07, 6.45) is 0.157. The summed E-state index contributed by atoms with van der Waals surface area (Å²) in [6, 6.07) is 14.4. The number of carboxylic acid groups (broad SMARTS) is 1. The minimum Gasteiger partial charge on any atom is -0.493 e. The zero-order chi connectivity index (χ0) is 24.3. The van der Waals surface area contributed by atoms with E-state index in [1.165, 1.54) is 5.39 Å². The third-order valence-corrected chi connectivity index (χ3v) is 5.08. The van der Waals surface area contributed by atoms with Gasteiger partial charge in [0.2, 0.25) is 5.89 Å². The van der Waals surface area contributed by atoms with Gasteiger partial charge >= 0.3 is 12.1 Å². The molecule has 0 aliphatic rings. The molecule has 0 spiro atoms. The van der Waals surface area contributed by atoms with Crippen LogP contribution in [0.5, 0.6) is 5.75 Å². The summed E-state index contributed by atoms with van der Waals surface area (Å²) in [4.78, 5) is 13.3. The van der Waals surface area contributed by atoms with Crippen molar-refractivity contribution in [3.63, 3.8) is 0 Å². The molecule has 0 fully saturated rings. The van der Waals surface area contributed by atoms with Gasteiger partial charge in [0.15, 0.2) is 5.82 Å². The Kier molecular flexibility index (Phi) is 10.5. The summed E-state index contributed by atoms with van der Waals surface area (Å²) >= 11 is 1.80. The molecule has 7 nitrogen and oxygen atoms in total. The molecular formula is C22H26F3N3O4S. The molecule has 2 aromatic carbocycles. The predicted molar refractivity (Wildman–Crippen MR) is 120 cm³/mol. The third kappa shape index (κ3) is 9.30. The summed E-state index contributed by atoms with van der Waals surface area (Å²) in [5.41, 5.74) is 6.07. The maximum absolute atomic E-state index is 10.6. The number of aryl methyl sites for hydroxylation is 1. The van der Waals surface area contributed by atoms with Gasteiger partial charge in [0.25, 0.3) is 0 Å². The van der Waals surface area contributed by atoms with E-state index in [9.17, 15) is 13.2 Å². The third-order valence-electron chi connectivity index (χ3n) is 4.43. The van der Waals surface area contributed by atoms with Crippen LogP contribution in [0.25, 0.3) is 10.8 Å². The highest BCUT2D eigenvalue weighted by atomic mass is 32.2. The van der Waals surface area contributed by atoms with Gasteiger partial charge in [-0.25, -0.2) is 4.79 Å². The SMILES string of the molecule is CSCC[C@H](N)Cc1nc(CCCOc2cccc3ccccc23)no1.O=C(O)C(F)(F)F. The van der Waals surface area contributed by atoms with E-state index in [0.29, 0.717) is 18.9 Å². The monoisotopic (exact) mass is 485 g/mol. The first-order valence-corrected chi connectivity index (χ1v) is 11.6. The maximum Gasteiger partial charge on any atom is 0.490 e. The number of fused-ring (bicyclic) bond motifs is 1. The van der Waals surface area contributed by atoms with Crippen LogP contribution in [0.2, 0.25) is 0 Å². The molecular weight excluding hydrogens is 459 g/mol. The van der Waals surface area contributed by atoms with Gasteiger partial charge in [0.05, 0.1) is 6.61 Å². The van der Waals surface area contributed by atoms with Crippen molar-refractivity contribution in [1.29, 1.82) is 0 Å². The molecule has 180 valence electrons. The Balaban J connectivity index is 0.000000479. The van der Waals surface area contributed by atoms with Crippen molar-refractivity contribution in [3.8, 4) is 5.75 Å². The lowest BCUT2D eigenvalue weighted by molar-refractivity contribution is -0.192. The number of benzene rings is 2. The highest BCUT2D eigenvalue weighted by Crippen LogP contribution is 2.25. The van der Waals surface area contributed by atoms with E-state index in [1.807, 2.05) is 24.3 Å². The van der Waals surface area contributed by atoms with Crippen molar-refractivity contribution in [1.82, 2.24) is 10.1 Å². The number of alkyl halides is 3. The van der Waals surface area contributed by atoms with E-state index in [2.05, 4.69) is 34.6 Å². The Hall–Kier alpha value is -2.79. The first-order chi connectivity index (χ1) is 15.7. The number of halogens is 3. The van der Waals surface area contributed by atoms with Gasteiger partial charge in [-0.2, -0.15) is 29.9 Å². The molecule has 11 heteroatoms. The van der Waals surface area contributed by atoms with Crippen molar-refractivity contribution in [2.24, 2.45) is 5.73 Å². The largest absolute Gasteiger partial charge is 0.493 e. The summed E-state index contributed by atoms with van der Waals surface area (Å²) in [5.74, 6) is 0.555. The standard InChI is InChI=1S/C20H25N3O2S.C2HF3O2/c1-26-13-11-16(21)14-20-22-19(23-25-20)10-5-12-24-18-9-4-7-15-6-2-3-8-17(15)18;3-2(4,5)1(6)7/h2-4,6-9,16H,5,10-14,21H2,1H3;(H,6,7)/t16-;/m0./s1. The van der Waals surface area contributed by atoms with Crippen molar-refractivity contribution >= 4 is 28.5 Å². The molecule has 1 heterocycles. The normalized spacial score (nSPS) is 12.2. The number of aromatic nitrogens is 2. The average molecular weight is 486 g/mol. The Bertz CT molecular complexity index is 1010. The van der Waals surface area contributed by atoms with E-state index < -0.39 is 12.1 Å². The van der Waals surface area contributed by atoms with Crippen LogP contribution in [0, 0.1) is 0 Å². The Morgan fingerprint density at radius 1 is 1.24 bits per heavy atom. The molecule has 0 aliphatic carbocycles. The van der Waals surface area contributed by atoms with E-state index in [-0.39, 0.29) is 6.04 Å². The number of aliphatic carboxylic acids is 1. The lowest BCUT2D eigenvalue weighted by Gasteiger charge is -2.08. The molecule has 3 aromatic rings. The number of hydrogen-bond acceptors (Lipinski definition) is 7. The first kappa shape index (κ1) is 26.5. The summed E-state index contributed by atoms with van der Waals surface area (Å²) in [5, 5.41) is 13.5. The van der Waals surface area contributed by atoms with Crippen LogP contribution in [-0.4, -0.2) is 52.1 Å². The van der Waals surface area contributed by atoms with Crippen LogP contribution in [0.15, 0.2) is 47.0 Å². The van der Waals surface area contributed by atoms with Crippen LogP contribution in [0.4, 0.5) is 13.2 Å². The summed E-state index contributed by atoms with van der Waals surface area (Å²) in [6.45, 7) is 0.616. The number of carboxylic acids is 1. The molecule has 0 saturated heterocycles. The topological polar surface area (TPSA) is 111 Å². The molecule has 3 rings (SSSR count). The number of ether oxygens (including phenoxy) is 1. The molecule has 0 saturated carbocycles. The molecule has 33 heavy (non-hydrogen) atoms. The summed E-state index contributed by atoms with van der Waals surface area (Å²) < 4.78 is 43.0. The zero-order valence-corrected chi connectivity index (χ0v) is 18.9. The second-order valence-corrected chi connectivity index (χ2v) is 8.07. The molecule has 3 N–H and O–H groups in total. The Morgan fingerprint density at radius 2 is 1.94 bits per heavy atom. The van der Waals surface area contributed by atoms with Gasteiger partial charge in [-0.15, -0.1) is 0 Å². The number of rotatable bonds is 10. The second kappa shape index (κ2) is 13.0. The van der Waals surface area contributed by atoms with Gasteiger partial charge in [-0.05, 0) is 36.3 Å². The van der Waals surface area contributed by atoms with Gasteiger partial charge < -0.3 is 20.1 Å². The molecule has 0 unspecified atom stereocenters. The van der Waals surface area contributed by atoms with Crippen molar-refractivity contribution < 1.29 is 32.3 Å². The molecule has 0 bridgehead atoms. The molecule has 0 aliphatic heterocycles. The minimum absolute atomic E-state index is 0.0745. The highest BCUT2D eigenvalue weighted by molar-refractivity contribution is 7.98. The van der Waals surface area contributed by atoms with Crippen molar-refractivity contribution in [2.45, 2.75) is 37.9 Å². The van der Waals surface area contributed by atoms with E-state index in [4.69, 9.17) is 24.9 Å². The number of hydrogen-bond donors (Lipinski definition) is 2. The zero-order valence-electron chi connectivity index (χ0n) is 18.0. The quantitative estimate of drug-likeness (QED) is 0.404. The molecule has 0 radical (unpaired) electrons. The molecule has 1 atom stereocenters. The molecule has 0 amide bonds. The Morgan fingerprint density at radius 3 is 2.64 bits per heavy atom. The number of carbonyl (C=O) groups is 1. The van der Waals surface area contributed by atoms with Crippen LogP contribution in [-0.2, 0) is 17.6 Å². The summed E-state index contributed by atoms with van der Waals surface area (Å²) in [7, 11) is 0. The lowest BCUT2D eigenvalue weighted by Crippen LogP contribution is -2.23. The number of thioether (sulfide) groups is 1. The molecule has 1 aromatic heterocycles. The van der Waals surface area contributed by atoms with Gasteiger partial charge in [-0.3, -0.25) is 0 Å². The van der Waals surface area contributed by atoms with Crippen molar-refractivity contribution in [3.05, 3.63) is 54.2 Å². The van der Waals surface area contributed by atoms with Crippen molar-refractivity contribution in [2.75, 3.05) is 18.6 Å². The van der Waals surface area contributed by atoms with Gasteiger partial charge in [0.1, 0.15) is 5.75 Å². The van der Waals surface area contributed by atoms with Gasteiger partial charge in [0, 0.05) is 24.3 Å². The van der Waals surface area contributed by atoms with E-state index in [1.54, 1.807) is 11.8 Å². The van der Waals surface area contributed by atoms with Crippen LogP contribution in [0.3, 0.4) is 0 Å². The fourth-order valence-corrected chi connectivity index (χ4v) is 3.34. The van der Waals surface area contributed by atoms with E-state index in [0.717, 1.165) is 42.0 Å². The number of nitrogens with zero attached hydrogens (tertiary/aromatic N) is 2. The fraction of sp³-hybridized carbons (Fsp3) is 0.409. The van der Waals surface area contributed by atoms with Crippen LogP contribution >= 0.6 is 11.8 Å². The fourth-order valence-electron chi connectivity index (χ4n) is 2.80. The van der Waals surface area contributed by atoms with Gasteiger partial charge in [-0.1, -0.05) is 41.6 Å².